The minimum atomic E-state index is 0.175. The molecular weight excluding hydrogens is 268 g/mol. The van der Waals surface area contributed by atoms with Crippen LogP contribution < -0.4 is 0 Å². The maximum atomic E-state index is 12.0. The van der Waals surface area contributed by atoms with Crippen molar-refractivity contribution in [2.24, 2.45) is 0 Å². The highest BCUT2D eigenvalue weighted by Crippen LogP contribution is 2.20. The summed E-state index contributed by atoms with van der Waals surface area (Å²) in [4.78, 5) is 19.7. The van der Waals surface area contributed by atoms with Crippen LogP contribution in [0.4, 0.5) is 0 Å². The molecule has 0 bridgehead atoms. The monoisotopic (exact) mass is 282 g/mol. The maximum Gasteiger partial charge on any atom is 0.166 e. The summed E-state index contributed by atoms with van der Waals surface area (Å²) in [5.41, 5.74) is 2.77. The molecule has 0 saturated heterocycles. The summed E-state index contributed by atoms with van der Waals surface area (Å²) in [5, 5.41) is 0.868. The van der Waals surface area contributed by atoms with Gasteiger partial charge in [-0.2, -0.15) is 0 Å². The van der Waals surface area contributed by atoms with Crippen molar-refractivity contribution in [1.82, 2.24) is 9.97 Å². The van der Waals surface area contributed by atoms with E-state index in [0.717, 1.165) is 27.5 Å². The number of hydrogen-bond donors (Lipinski definition) is 1. The lowest BCUT2D eigenvalue weighted by molar-refractivity contribution is 0.0989. The minimum absolute atomic E-state index is 0.175. The van der Waals surface area contributed by atoms with Crippen molar-refractivity contribution in [1.29, 1.82) is 0 Å². The van der Waals surface area contributed by atoms with E-state index in [1.165, 1.54) is 0 Å². The van der Waals surface area contributed by atoms with Gasteiger partial charge in [-0.3, -0.25) is 4.79 Å². The van der Waals surface area contributed by atoms with E-state index in [1.807, 2.05) is 54.6 Å². The van der Waals surface area contributed by atoms with Crippen molar-refractivity contribution in [2.45, 2.75) is 11.6 Å². The second-order valence-electron chi connectivity index (χ2n) is 4.45. The SMILES string of the molecule is O=C(CCSc1nc2ccccc2[nH]1)c1ccccc1. The van der Waals surface area contributed by atoms with Crippen LogP contribution in [0.25, 0.3) is 11.0 Å². The summed E-state index contributed by atoms with van der Waals surface area (Å²) in [5.74, 6) is 0.905. The van der Waals surface area contributed by atoms with Crippen LogP contribution >= 0.6 is 11.8 Å². The Hall–Kier alpha value is -2.07. The van der Waals surface area contributed by atoms with Crippen LogP contribution in [0.3, 0.4) is 0 Å². The molecular formula is C16H14N2OS. The molecule has 3 nitrogen and oxygen atoms in total. The molecule has 1 aromatic heterocycles. The zero-order chi connectivity index (χ0) is 13.8. The van der Waals surface area contributed by atoms with E-state index in [0.29, 0.717) is 6.42 Å². The summed E-state index contributed by atoms with van der Waals surface area (Å²) >= 11 is 1.58. The highest BCUT2D eigenvalue weighted by atomic mass is 32.2. The fourth-order valence-electron chi connectivity index (χ4n) is 2.01. The molecule has 1 heterocycles. The lowest BCUT2D eigenvalue weighted by Crippen LogP contribution is -2.00. The average Bonchev–Trinajstić information content (AvgIpc) is 2.90. The molecule has 0 unspecified atom stereocenters. The molecule has 0 aliphatic rings. The quantitative estimate of drug-likeness (QED) is 0.569. The van der Waals surface area contributed by atoms with E-state index in [9.17, 15) is 4.79 Å². The minimum Gasteiger partial charge on any atom is -0.333 e. The number of rotatable bonds is 5. The summed E-state index contributed by atoms with van der Waals surface area (Å²) in [6.07, 6.45) is 0.520. The molecule has 2 aromatic carbocycles. The normalized spacial score (nSPS) is 10.8. The number of nitrogens with zero attached hydrogens (tertiary/aromatic N) is 1. The Balaban J connectivity index is 1.58. The number of carbonyl (C=O) groups is 1. The third-order valence-corrected chi connectivity index (χ3v) is 3.91. The molecule has 20 heavy (non-hydrogen) atoms. The van der Waals surface area contributed by atoms with E-state index >= 15 is 0 Å². The number of carbonyl (C=O) groups excluding carboxylic acids is 1. The molecule has 0 amide bonds. The van der Waals surface area contributed by atoms with Crippen molar-refractivity contribution in [3.8, 4) is 0 Å². The number of benzene rings is 2. The number of fused-ring (bicyclic) bond motifs is 1. The number of hydrogen-bond acceptors (Lipinski definition) is 3. The van der Waals surface area contributed by atoms with Crippen molar-refractivity contribution >= 4 is 28.6 Å². The van der Waals surface area contributed by atoms with E-state index in [4.69, 9.17) is 0 Å². The smallest absolute Gasteiger partial charge is 0.166 e. The van der Waals surface area contributed by atoms with Gasteiger partial charge in [0.05, 0.1) is 11.0 Å². The van der Waals surface area contributed by atoms with Crippen LogP contribution in [-0.4, -0.2) is 21.5 Å². The van der Waals surface area contributed by atoms with E-state index in [2.05, 4.69) is 9.97 Å². The highest BCUT2D eigenvalue weighted by molar-refractivity contribution is 7.99. The van der Waals surface area contributed by atoms with Gasteiger partial charge in [0.2, 0.25) is 0 Å². The van der Waals surface area contributed by atoms with Gasteiger partial charge in [0.1, 0.15) is 0 Å². The first kappa shape index (κ1) is 12.9. The van der Waals surface area contributed by atoms with Crippen LogP contribution in [0, 0.1) is 0 Å². The molecule has 0 radical (unpaired) electrons. The van der Waals surface area contributed by atoms with Crippen molar-refractivity contribution in [3.63, 3.8) is 0 Å². The first-order chi connectivity index (χ1) is 9.83. The number of para-hydroxylation sites is 2. The van der Waals surface area contributed by atoms with Crippen molar-refractivity contribution < 1.29 is 4.79 Å². The lowest BCUT2D eigenvalue weighted by atomic mass is 10.1. The fourth-order valence-corrected chi connectivity index (χ4v) is 2.83. The predicted molar refractivity (Wildman–Crippen MR) is 82.2 cm³/mol. The molecule has 4 heteroatoms. The molecule has 0 spiro atoms. The summed E-state index contributed by atoms with van der Waals surface area (Å²) in [6, 6.07) is 17.3. The third-order valence-electron chi connectivity index (χ3n) is 3.03. The van der Waals surface area contributed by atoms with Gasteiger partial charge in [-0.1, -0.05) is 54.2 Å². The maximum absolute atomic E-state index is 12.0. The van der Waals surface area contributed by atoms with E-state index in [1.54, 1.807) is 11.8 Å². The van der Waals surface area contributed by atoms with Crippen LogP contribution in [0.5, 0.6) is 0 Å². The molecule has 100 valence electrons. The Morgan fingerprint density at radius 3 is 2.60 bits per heavy atom. The first-order valence-electron chi connectivity index (χ1n) is 6.49. The van der Waals surface area contributed by atoms with Gasteiger partial charge >= 0.3 is 0 Å². The zero-order valence-electron chi connectivity index (χ0n) is 10.9. The van der Waals surface area contributed by atoms with Gasteiger partial charge in [-0.25, -0.2) is 4.98 Å². The highest BCUT2D eigenvalue weighted by Gasteiger charge is 2.07. The predicted octanol–water partition coefficient (Wildman–Crippen LogP) is 3.93. The number of ketones is 1. The van der Waals surface area contributed by atoms with Crippen molar-refractivity contribution in [3.05, 3.63) is 60.2 Å². The number of aromatic amines is 1. The van der Waals surface area contributed by atoms with Crippen LogP contribution in [0.2, 0.25) is 0 Å². The number of Topliss-reactive ketones (excluding diaryl/α,β-unsaturated/α-hetero) is 1. The van der Waals surface area contributed by atoms with Gasteiger partial charge in [0.25, 0.3) is 0 Å². The van der Waals surface area contributed by atoms with E-state index in [-0.39, 0.29) is 5.78 Å². The largest absolute Gasteiger partial charge is 0.333 e. The van der Waals surface area contributed by atoms with Gasteiger partial charge in [-0.05, 0) is 12.1 Å². The van der Waals surface area contributed by atoms with E-state index < -0.39 is 0 Å². The zero-order valence-corrected chi connectivity index (χ0v) is 11.7. The second kappa shape index (κ2) is 5.92. The summed E-state index contributed by atoms with van der Waals surface area (Å²) < 4.78 is 0. The number of nitrogens with one attached hydrogen (secondary N) is 1. The molecule has 0 aliphatic heterocycles. The number of imidazole rings is 1. The lowest BCUT2D eigenvalue weighted by Gasteiger charge is -1.99. The second-order valence-corrected chi connectivity index (χ2v) is 5.53. The third kappa shape index (κ3) is 2.91. The Labute approximate surface area is 121 Å². The van der Waals surface area contributed by atoms with Gasteiger partial charge in [0, 0.05) is 17.7 Å². The number of thioether (sulfide) groups is 1. The molecule has 3 rings (SSSR count). The average molecular weight is 282 g/mol. The van der Waals surface area contributed by atoms with Crippen LogP contribution in [0.1, 0.15) is 16.8 Å². The standard InChI is InChI=1S/C16H14N2OS/c19-15(12-6-2-1-3-7-12)10-11-20-16-17-13-8-4-5-9-14(13)18-16/h1-9H,10-11H2,(H,17,18). The van der Waals surface area contributed by atoms with Crippen molar-refractivity contribution in [2.75, 3.05) is 5.75 Å². The molecule has 0 atom stereocenters. The molecule has 1 N–H and O–H groups in total. The molecule has 0 saturated carbocycles. The fraction of sp³-hybridized carbons (Fsp3) is 0.125. The Bertz CT molecular complexity index is 688. The Kier molecular flexibility index (Phi) is 3.83. The Morgan fingerprint density at radius 2 is 1.80 bits per heavy atom. The number of aromatic nitrogens is 2. The molecule has 0 fully saturated rings. The van der Waals surface area contributed by atoms with Gasteiger partial charge in [0.15, 0.2) is 10.9 Å². The summed E-state index contributed by atoms with van der Waals surface area (Å²) in [6.45, 7) is 0. The Morgan fingerprint density at radius 1 is 1.05 bits per heavy atom. The summed E-state index contributed by atoms with van der Waals surface area (Å²) in [7, 11) is 0. The topological polar surface area (TPSA) is 45.8 Å². The first-order valence-corrected chi connectivity index (χ1v) is 7.47. The van der Waals surface area contributed by atoms with Crippen LogP contribution in [-0.2, 0) is 0 Å². The number of H-pyrrole nitrogens is 1. The molecule has 3 aromatic rings. The molecule has 0 aliphatic carbocycles. The van der Waals surface area contributed by atoms with Gasteiger partial charge < -0.3 is 4.98 Å². The van der Waals surface area contributed by atoms with Gasteiger partial charge in [-0.15, -0.1) is 0 Å². The van der Waals surface area contributed by atoms with Crippen LogP contribution in [0.15, 0.2) is 59.8 Å².